The Hall–Kier alpha value is -1.29. The number of rotatable bonds is 7. The third-order valence-electron chi connectivity index (χ3n) is 2.42. The molecule has 0 fully saturated rings. The van der Waals surface area contributed by atoms with Gasteiger partial charge < -0.3 is 9.05 Å². The Morgan fingerprint density at radius 2 is 1.81 bits per heavy atom. The van der Waals surface area contributed by atoms with E-state index in [1.54, 1.807) is 26.0 Å². The van der Waals surface area contributed by atoms with Crippen LogP contribution >= 0.6 is 7.60 Å². The standard InChI is InChI=1S/C15H21FNO3P/c1-5-19-21(18,20-6-2)15(17-11-12(3)4)13-9-7-8-10-14(13)16/h7-11H,5-6H2,1-4H3. The molecule has 0 saturated heterocycles. The second-order valence-electron chi connectivity index (χ2n) is 4.47. The summed E-state index contributed by atoms with van der Waals surface area (Å²) >= 11 is 0. The monoisotopic (exact) mass is 313 g/mol. The lowest BCUT2D eigenvalue weighted by atomic mass is 10.2. The second-order valence-corrected chi connectivity index (χ2v) is 6.41. The topological polar surface area (TPSA) is 47.9 Å². The molecule has 0 saturated carbocycles. The van der Waals surface area contributed by atoms with Crippen molar-refractivity contribution in [2.45, 2.75) is 27.7 Å². The van der Waals surface area contributed by atoms with Gasteiger partial charge in [-0.3, -0.25) is 4.57 Å². The minimum Gasteiger partial charge on any atom is -0.304 e. The van der Waals surface area contributed by atoms with Gasteiger partial charge in [-0.2, -0.15) is 0 Å². The van der Waals surface area contributed by atoms with E-state index in [4.69, 9.17) is 9.05 Å². The lowest BCUT2D eigenvalue weighted by Crippen LogP contribution is -2.10. The fourth-order valence-electron chi connectivity index (χ4n) is 1.62. The molecule has 4 nitrogen and oxygen atoms in total. The molecule has 0 N–H and O–H groups in total. The van der Waals surface area contributed by atoms with Gasteiger partial charge in [0.15, 0.2) is 5.45 Å². The summed E-state index contributed by atoms with van der Waals surface area (Å²) in [7, 11) is -3.67. The SMILES string of the molecule is CCOP(=O)(OCC)C(=NC=C(C)C)c1ccccc1F. The highest BCUT2D eigenvalue weighted by molar-refractivity contribution is 7.73. The smallest absolute Gasteiger partial charge is 0.304 e. The van der Waals surface area contributed by atoms with Crippen LogP contribution in [-0.2, 0) is 13.6 Å². The Morgan fingerprint density at radius 3 is 2.29 bits per heavy atom. The summed E-state index contributed by atoms with van der Waals surface area (Å²) in [6.07, 6.45) is 1.52. The van der Waals surface area contributed by atoms with E-state index in [0.717, 1.165) is 5.57 Å². The zero-order chi connectivity index (χ0) is 15.9. The summed E-state index contributed by atoms with van der Waals surface area (Å²) in [5.41, 5.74) is 1.01. The van der Waals surface area contributed by atoms with Crippen molar-refractivity contribution in [3.63, 3.8) is 0 Å². The Labute approximate surface area is 125 Å². The number of hydrogen-bond donors (Lipinski definition) is 0. The minimum absolute atomic E-state index is 0.00880. The van der Waals surface area contributed by atoms with E-state index in [1.165, 1.54) is 18.3 Å². The van der Waals surface area contributed by atoms with Crippen LogP contribution in [0, 0.1) is 5.82 Å². The van der Waals surface area contributed by atoms with Crippen LogP contribution in [0.2, 0.25) is 0 Å². The zero-order valence-electron chi connectivity index (χ0n) is 12.8. The summed E-state index contributed by atoms with van der Waals surface area (Å²) in [5, 5.41) is 0. The zero-order valence-corrected chi connectivity index (χ0v) is 13.7. The van der Waals surface area contributed by atoms with Gasteiger partial charge in [0, 0.05) is 11.8 Å². The fraction of sp³-hybridized carbons (Fsp3) is 0.400. The van der Waals surface area contributed by atoms with Gasteiger partial charge in [-0.15, -0.1) is 0 Å². The van der Waals surface area contributed by atoms with Crippen molar-refractivity contribution in [3.8, 4) is 0 Å². The molecule has 1 aromatic rings. The second kappa shape index (κ2) is 8.23. The molecule has 0 heterocycles. The first kappa shape index (κ1) is 17.8. The third kappa shape index (κ3) is 4.88. The molecule has 1 rings (SSSR count). The van der Waals surface area contributed by atoms with Crippen molar-refractivity contribution >= 4 is 13.0 Å². The van der Waals surface area contributed by atoms with Gasteiger partial charge in [0.05, 0.1) is 13.2 Å². The number of halogens is 1. The summed E-state index contributed by atoms with van der Waals surface area (Å²) < 4.78 is 37.5. The summed E-state index contributed by atoms with van der Waals surface area (Å²) in [4.78, 5) is 4.17. The molecule has 0 radical (unpaired) electrons. The molecule has 0 spiro atoms. The number of nitrogens with zero attached hydrogens (tertiary/aromatic N) is 1. The maximum atomic E-state index is 14.0. The molecule has 0 aliphatic rings. The van der Waals surface area contributed by atoms with Crippen LogP contribution in [0.1, 0.15) is 33.3 Å². The molecule has 0 atom stereocenters. The molecule has 6 heteroatoms. The summed E-state index contributed by atoms with van der Waals surface area (Å²) in [6, 6.07) is 6.01. The Bertz CT molecular complexity index is 570. The van der Waals surface area contributed by atoms with E-state index in [0.29, 0.717) is 0 Å². The van der Waals surface area contributed by atoms with E-state index < -0.39 is 13.4 Å². The number of benzene rings is 1. The van der Waals surface area contributed by atoms with Crippen molar-refractivity contribution in [2.75, 3.05) is 13.2 Å². The number of allylic oxidation sites excluding steroid dienone is 1. The van der Waals surface area contributed by atoms with E-state index in [-0.39, 0.29) is 24.2 Å². The van der Waals surface area contributed by atoms with Crippen molar-refractivity contribution in [1.29, 1.82) is 0 Å². The van der Waals surface area contributed by atoms with Crippen LogP contribution < -0.4 is 0 Å². The first-order valence-corrected chi connectivity index (χ1v) is 8.34. The fourth-order valence-corrected chi connectivity index (χ4v) is 3.29. The number of hydrogen-bond acceptors (Lipinski definition) is 4. The molecule has 0 bridgehead atoms. The van der Waals surface area contributed by atoms with Crippen LogP contribution in [0.5, 0.6) is 0 Å². The molecule has 0 amide bonds. The van der Waals surface area contributed by atoms with Crippen molar-refractivity contribution in [2.24, 2.45) is 4.99 Å². The summed E-state index contributed by atoms with van der Waals surface area (Å²) in [5.74, 6) is -0.516. The molecular weight excluding hydrogens is 292 g/mol. The van der Waals surface area contributed by atoms with Crippen LogP contribution in [-0.4, -0.2) is 18.7 Å². The van der Waals surface area contributed by atoms with Gasteiger partial charge in [0.25, 0.3) is 0 Å². The predicted octanol–water partition coefficient (Wildman–Crippen LogP) is 4.76. The quantitative estimate of drug-likeness (QED) is 0.538. The largest absolute Gasteiger partial charge is 0.380 e. The van der Waals surface area contributed by atoms with Crippen LogP contribution in [0.15, 0.2) is 41.0 Å². The van der Waals surface area contributed by atoms with Crippen LogP contribution in [0.4, 0.5) is 4.39 Å². The van der Waals surface area contributed by atoms with Gasteiger partial charge in [-0.05, 0) is 39.8 Å². The van der Waals surface area contributed by atoms with E-state index in [1.807, 2.05) is 13.8 Å². The molecule has 0 aliphatic heterocycles. The van der Waals surface area contributed by atoms with Crippen molar-refractivity contribution in [3.05, 3.63) is 47.4 Å². The average Bonchev–Trinajstić information content (AvgIpc) is 2.41. The van der Waals surface area contributed by atoms with Gasteiger partial charge in [-0.1, -0.05) is 17.7 Å². The number of aliphatic imine (C=N–C) groups is 1. The van der Waals surface area contributed by atoms with Gasteiger partial charge >= 0.3 is 7.60 Å². The first-order chi connectivity index (χ1) is 9.94. The molecular formula is C15H21FNO3P. The highest BCUT2D eigenvalue weighted by Crippen LogP contribution is 2.52. The lowest BCUT2D eigenvalue weighted by Gasteiger charge is -2.19. The highest BCUT2D eigenvalue weighted by Gasteiger charge is 2.34. The molecule has 0 unspecified atom stereocenters. The molecule has 116 valence electrons. The van der Waals surface area contributed by atoms with Gasteiger partial charge in [0.2, 0.25) is 0 Å². The van der Waals surface area contributed by atoms with Gasteiger partial charge in [0.1, 0.15) is 5.82 Å². The molecule has 21 heavy (non-hydrogen) atoms. The third-order valence-corrected chi connectivity index (χ3v) is 4.49. The predicted molar refractivity (Wildman–Crippen MR) is 83.2 cm³/mol. The molecule has 0 aromatic heterocycles. The first-order valence-electron chi connectivity index (χ1n) is 6.80. The van der Waals surface area contributed by atoms with E-state index in [9.17, 15) is 8.96 Å². The maximum absolute atomic E-state index is 14.0. The lowest BCUT2D eigenvalue weighted by molar-refractivity contribution is 0.232. The average molecular weight is 313 g/mol. The minimum atomic E-state index is -3.67. The van der Waals surface area contributed by atoms with Crippen LogP contribution in [0.3, 0.4) is 0 Å². The molecule has 0 aliphatic carbocycles. The van der Waals surface area contributed by atoms with E-state index in [2.05, 4.69) is 4.99 Å². The van der Waals surface area contributed by atoms with E-state index >= 15 is 0 Å². The Balaban J connectivity index is 3.45. The maximum Gasteiger partial charge on any atom is 0.380 e. The van der Waals surface area contributed by atoms with Crippen molar-refractivity contribution in [1.82, 2.24) is 0 Å². The summed E-state index contributed by atoms with van der Waals surface area (Å²) in [6.45, 7) is 7.44. The van der Waals surface area contributed by atoms with Gasteiger partial charge in [-0.25, -0.2) is 9.38 Å². The normalized spacial score (nSPS) is 12.3. The van der Waals surface area contributed by atoms with Crippen LogP contribution in [0.25, 0.3) is 0 Å². The molecule has 1 aromatic carbocycles. The Kier molecular flexibility index (Phi) is 6.96. The Morgan fingerprint density at radius 1 is 1.24 bits per heavy atom. The van der Waals surface area contributed by atoms with Crippen molar-refractivity contribution < 1.29 is 18.0 Å². The highest BCUT2D eigenvalue weighted by atomic mass is 31.2.